The summed E-state index contributed by atoms with van der Waals surface area (Å²) in [5, 5.41) is 21.5. The Morgan fingerprint density at radius 1 is 0.818 bits per heavy atom. The summed E-state index contributed by atoms with van der Waals surface area (Å²) in [7, 11) is -6.78. The summed E-state index contributed by atoms with van der Waals surface area (Å²) in [5.41, 5.74) is 0. The third-order valence-corrected chi connectivity index (χ3v) is 0. The second-order valence-corrected chi connectivity index (χ2v) is 2.15. The zero-order valence-electron chi connectivity index (χ0n) is 9.62. The molecule has 7 N–H and O–H groups in total. The maximum absolute atomic E-state index is 7.33. The van der Waals surface area contributed by atoms with E-state index in [4.69, 9.17) is 34.3 Å². The van der Waals surface area contributed by atoms with Crippen LogP contribution in [0.1, 0.15) is 5.71 Å². The standard InChI is InChI=1S/BH3O3.2Ca.H4O4Si.4H/c2-1(3)4;;;1-5(2,3)4;;;;/h2-4H;;;1-4H;;;;/q;2*+2;;4*-1. The van der Waals surface area contributed by atoms with Crippen molar-refractivity contribution in [3.8, 4) is 0 Å². The summed E-state index contributed by atoms with van der Waals surface area (Å²) in [4.78, 5) is 29.3. The van der Waals surface area contributed by atoms with Crippen LogP contribution >= 0.6 is 0 Å². The quantitative estimate of drug-likeness (QED) is 0.211. The minimum absolute atomic E-state index is 0. The van der Waals surface area contributed by atoms with Crippen LogP contribution in [0.15, 0.2) is 0 Å². The third-order valence-electron chi connectivity index (χ3n) is 0. The van der Waals surface area contributed by atoms with Crippen LogP contribution in [0, 0.1) is 0 Å². The molecule has 0 unspecified atom stereocenters. The molecule has 0 spiro atoms. The van der Waals surface area contributed by atoms with Crippen molar-refractivity contribution in [2.45, 2.75) is 0 Å². The summed E-state index contributed by atoms with van der Waals surface area (Å²) >= 11 is 0. The largest absolute Gasteiger partial charge is 2.00 e. The minimum atomic E-state index is -4.61. The molecule has 0 bridgehead atoms. The predicted molar refractivity (Wildman–Crippen MR) is 43.0 cm³/mol. The van der Waals surface area contributed by atoms with Gasteiger partial charge in [0, 0.05) is 0 Å². The van der Waals surface area contributed by atoms with Gasteiger partial charge in [0.25, 0.3) is 0 Å². The van der Waals surface area contributed by atoms with Crippen LogP contribution in [0.4, 0.5) is 0 Å². The topological polar surface area (TPSA) is 142 Å². The molecule has 11 heavy (non-hydrogen) atoms. The van der Waals surface area contributed by atoms with Crippen molar-refractivity contribution in [2.24, 2.45) is 0 Å². The van der Waals surface area contributed by atoms with Gasteiger partial charge < -0.3 is 40.0 Å². The fourth-order valence-electron chi connectivity index (χ4n) is 0. The molecule has 0 atom stereocenters. The average Bonchev–Trinajstić information content (AvgIpc) is 1.19. The summed E-state index contributed by atoms with van der Waals surface area (Å²) in [6.45, 7) is 0. The average molecular weight is 242 g/mol. The van der Waals surface area contributed by atoms with E-state index in [1.165, 1.54) is 0 Å². The molecule has 0 amide bonds. The van der Waals surface area contributed by atoms with E-state index in [1.807, 2.05) is 0 Å². The summed E-state index contributed by atoms with van der Waals surface area (Å²) in [6.07, 6.45) is 0. The second-order valence-electron chi connectivity index (χ2n) is 0.946. The van der Waals surface area contributed by atoms with Crippen molar-refractivity contribution in [1.29, 1.82) is 0 Å². The van der Waals surface area contributed by atoms with E-state index >= 15 is 0 Å². The SMILES string of the molecule is OB(O)O.O[Si](O)(O)O.[Ca+2].[Ca+2].[H-].[H-].[H-].[H-]. The zero-order valence-corrected chi connectivity index (χ0v) is 11.0. The molecule has 11 heteroatoms. The van der Waals surface area contributed by atoms with E-state index in [1.54, 1.807) is 0 Å². The molecule has 0 fully saturated rings. The molecule has 0 saturated carbocycles. The summed E-state index contributed by atoms with van der Waals surface area (Å²) in [5.74, 6) is 0. The molecule has 0 heterocycles. The second kappa shape index (κ2) is 12.5. The maximum atomic E-state index is 7.33. The fourth-order valence-corrected chi connectivity index (χ4v) is 0. The Morgan fingerprint density at radius 3 is 0.818 bits per heavy atom. The van der Waals surface area contributed by atoms with Gasteiger partial charge in [0.05, 0.1) is 0 Å². The van der Waals surface area contributed by atoms with Crippen molar-refractivity contribution >= 4 is 91.8 Å². The first-order valence-corrected chi connectivity index (χ1v) is 3.46. The van der Waals surface area contributed by atoms with Gasteiger partial charge in [-0.2, -0.15) is 0 Å². The van der Waals surface area contributed by atoms with Crippen LogP contribution < -0.4 is 0 Å². The van der Waals surface area contributed by atoms with Gasteiger partial charge >= 0.3 is 91.8 Å². The summed E-state index contributed by atoms with van der Waals surface area (Å²) in [6, 6.07) is 0. The van der Waals surface area contributed by atoms with E-state index in [0.717, 1.165) is 0 Å². The third kappa shape index (κ3) is 218. The van der Waals surface area contributed by atoms with Gasteiger partial charge in [0.2, 0.25) is 0 Å². The zero-order chi connectivity index (χ0) is 8.08. The number of hydrogen-bond acceptors (Lipinski definition) is 7. The van der Waals surface area contributed by atoms with E-state index in [-0.39, 0.29) is 81.2 Å². The molecule has 7 nitrogen and oxygen atoms in total. The van der Waals surface area contributed by atoms with E-state index in [9.17, 15) is 0 Å². The van der Waals surface area contributed by atoms with Crippen molar-refractivity contribution in [2.75, 3.05) is 0 Å². The molecule has 0 aliphatic carbocycles. The first kappa shape index (κ1) is 23.4. The van der Waals surface area contributed by atoms with Gasteiger partial charge in [-0.3, -0.25) is 0 Å². The van der Waals surface area contributed by atoms with Crippen molar-refractivity contribution in [3.05, 3.63) is 0 Å². The van der Waals surface area contributed by atoms with E-state index in [2.05, 4.69) is 0 Å². The minimum Gasteiger partial charge on any atom is -1.00 e. The monoisotopic (exact) mass is 242 g/mol. The molecular formula is H11BCa2O7Si. The Bertz CT molecular complexity index is 65.7. The molecule has 0 aromatic rings. The molecule has 0 aliphatic rings. The molecule has 0 aromatic carbocycles. The Morgan fingerprint density at radius 2 is 0.818 bits per heavy atom. The van der Waals surface area contributed by atoms with E-state index < -0.39 is 16.4 Å². The maximum Gasteiger partial charge on any atom is 2.00 e. The molecule has 0 aromatic heterocycles. The number of rotatable bonds is 0. The first-order chi connectivity index (χ1) is 3.73. The van der Waals surface area contributed by atoms with Crippen LogP contribution in [-0.2, 0) is 0 Å². The molecular weight excluding hydrogens is 231 g/mol. The van der Waals surface area contributed by atoms with Gasteiger partial charge in [0.1, 0.15) is 0 Å². The van der Waals surface area contributed by atoms with Gasteiger partial charge in [-0.15, -0.1) is 0 Å². The predicted octanol–water partition coefficient (Wildman–Crippen LogP) is -4.97. The van der Waals surface area contributed by atoms with Crippen molar-refractivity contribution < 1.29 is 40.0 Å². The van der Waals surface area contributed by atoms with Gasteiger partial charge in [-0.1, -0.05) is 0 Å². The Labute approximate surface area is 130 Å². The molecule has 0 rings (SSSR count). The smallest absolute Gasteiger partial charge is 1.00 e. The Balaban J connectivity index is -0.00000000785. The molecule has 0 saturated heterocycles. The summed E-state index contributed by atoms with van der Waals surface area (Å²) < 4.78 is 0. The first-order valence-electron chi connectivity index (χ1n) is 1.67. The van der Waals surface area contributed by atoms with Crippen LogP contribution in [0.2, 0.25) is 0 Å². The van der Waals surface area contributed by atoms with Crippen molar-refractivity contribution in [1.82, 2.24) is 0 Å². The van der Waals surface area contributed by atoms with Gasteiger partial charge in [-0.05, 0) is 0 Å². The Hall–Kier alpha value is 2.52. The molecule has 0 aliphatic heterocycles. The number of hydrogen-bond donors (Lipinski definition) is 7. The van der Waals surface area contributed by atoms with Crippen LogP contribution in [0.25, 0.3) is 0 Å². The van der Waals surface area contributed by atoms with Crippen molar-refractivity contribution in [3.63, 3.8) is 0 Å². The van der Waals surface area contributed by atoms with Crippen LogP contribution in [-0.4, -0.2) is 126 Å². The van der Waals surface area contributed by atoms with Crippen LogP contribution in [0.5, 0.6) is 0 Å². The van der Waals surface area contributed by atoms with Gasteiger partial charge in [0.15, 0.2) is 0 Å². The molecule has 0 radical (unpaired) electrons. The van der Waals surface area contributed by atoms with Gasteiger partial charge in [-0.25, -0.2) is 0 Å². The normalized spacial score (nSPS) is 7.91. The molecule has 64 valence electrons. The fraction of sp³-hybridized carbons (Fsp3) is 0. The Kier molecular flexibility index (Phi) is 26.6. The van der Waals surface area contributed by atoms with E-state index in [0.29, 0.717) is 0 Å². The van der Waals surface area contributed by atoms with Crippen LogP contribution in [0.3, 0.4) is 0 Å².